The number of carbonyl (C=O) groups is 1. The molecular formula is C16H17LiO3. The van der Waals surface area contributed by atoms with Crippen molar-refractivity contribution in [2.24, 2.45) is 0 Å². The van der Waals surface area contributed by atoms with Crippen LogP contribution in [0.25, 0.3) is 0 Å². The summed E-state index contributed by atoms with van der Waals surface area (Å²) in [6.45, 7) is 3.72. The van der Waals surface area contributed by atoms with Gasteiger partial charge in [-0.05, 0) is 17.7 Å². The Hall–Kier alpha value is -1.82. The zero-order valence-electron chi connectivity index (χ0n) is 11.9. The van der Waals surface area contributed by atoms with Gasteiger partial charge in [-0.25, -0.2) is 0 Å². The van der Waals surface area contributed by atoms with Crippen molar-refractivity contribution in [3.63, 3.8) is 0 Å². The fraction of sp³-hybridized carbons (Fsp3) is 0.125. The molecule has 0 aromatic heterocycles. The van der Waals surface area contributed by atoms with Crippen molar-refractivity contribution in [3.8, 4) is 5.75 Å². The number of rotatable bonds is 3. The van der Waals surface area contributed by atoms with Gasteiger partial charge in [0.15, 0.2) is 0 Å². The Morgan fingerprint density at radius 3 is 2.00 bits per heavy atom. The first-order valence-electron chi connectivity index (χ1n) is 5.83. The Morgan fingerprint density at radius 1 is 1.10 bits per heavy atom. The van der Waals surface area contributed by atoms with Gasteiger partial charge in [0.2, 0.25) is 0 Å². The van der Waals surface area contributed by atoms with Gasteiger partial charge in [0.05, 0.1) is 13.5 Å². The van der Waals surface area contributed by atoms with Crippen LogP contribution < -0.4 is 23.6 Å². The van der Waals surface area contributed by atoms with Crippen LogP contribution in [0.15, 0.2) is 54.6 Å². The molecule has 2 rings (SSSR count). The van der Waals surface area contributed by atoms with E-state index < -0.39 is 5.97 Å². The maximum atomic E-state index is 10.3. The molecule has 0 spiro atoms. The molecule has 0 fully saturated rings. The van der Waals surface area contributed by atoms with Crippen LogP contribution in [-0.2, 0) is 11.2 Å². The topological polar surface area (TPSA) is 46.5 Å². The molecule has 20 heavy (non-hydrogen) atoms. The molecule has 0 atom stereocenters. The maximum Gasteiger partial charge on any atom is 1.00 e. The van der Waals surface area contributed by atoms with Crippen LogP contribution in [0.3, 0.4) is 0 Å². The summed E-state index contributed by atoms with van der Waals surface area (Å²) in [5, 5.41) is 8.46. The molecule has 0 amide bonds. The van der Waals surface area contributed by atoms with Gasteiger partial charge in [0.1, 0.15) is 5.75 Å². The van der Waals surface area contributed by atoms with Gasteiger partial charge < -0.3 is 9.84 Å². The van der Waals surface area contributed by atoms with E-state index in [9.17, 15) is 4.79 Å². The summed E-state index contributed by atoms with van der Waals surface area (Å²) in [4.78, 5) is 10.3. The third-order valence-corrected chi connectivity index (χ3v) is 2.36. The third kappa shape index (κ3) is 7.58. The SMILES string of the molecule is COc1ccc(CC(=O)O)cc1.[CH2-]c1ccccc1.[Li+]. The van der Waals surface area contributed by atoms with Crippen molar-refractivity contribution in [3.05, 3.63) is 72.6 Å². The minimum absolute atomic E-state index is 0. The van der Waals surface area contributed by atoms with Crippen molar-refractivity contribution in [2.45, 2.75) is 6.42 Å². The molecule has 0 radical (unpaired) electrons. The third-order valence-electron chi connectivity index (χ3n) is 2.36. The first-order chi connectivity index (χ1) is 9.11. The normalized spacial score (nSPS) is 8.65. The van der Waals surface area contributed by atoms with Crippen LogP contribution in [-0.4, -0.2) is 18.2 Å². The van der Waals surface area contributed by atoms with Gasteiger partial charge in [0, 0.05) is 0 Å². The van der Waals surface area contributed by atoms with Crippen LogP contribution in [0, 0.1) is 6.92 Å². The first kappa shape index (κ1) is 18.2. The van der Waals surface area contributed by atoms with Crippen molar-refractivity contribution < 1.29 is 33.5 Å². The number of ether oxygens (including phenoxy) is 1. The average Bonchev–Trinajstić information content (AvgIpc) is 2.40. The van der Waals surface area contributed by atoms with Crippen LogP contribution in [0.2, 0.25) is 0 Å². The molecule has 2 aromatic carbocycles. The number of aliphatic carboxylic acids is 1. The minimum Gasteiger partial charge on any atom is -0.497 e. The van der Waals surface area contributed by atoms with E-state index in [-0.39, 0.29) is 25.3 Å². The van der Waals surface area contributed by atoms with Crippen molar-refractivity contribution >= 4 is 5.97 Å². The fourth-order valence-corrected chi connectivity index (χ4v) is 1.40. The Morgan fingerprint density at radius 2 is 1.65 bits per heavy atom. The second kappa shape index (κ2) is 10.0. The van der Waals surface area contributed by atoms with E-state index in [0.717, 1.165) is 16.9 Å². The predicted molar refractivity (Wildman–Crippen MR) is 75.2 cm³/mol. The molecule has 2 aromatic rings. The average molecular weight is 264 g/mol. The zero-order valence-corrected chi connectivity index (χ0v) is 11.9. The summed E-state index contributed by atoms with van der Waals surface area (Å²) < 4.78 is 4.93. The Bertz CT molecular complexity index is 495. The molecule has 4 heteroatoms. The van der Waals surface area contributed by atoms with Gasteiger partial charge in [-0.3, -0.25) is 4.79 Å². The quantitative estimate of drug-likeness (QED) is 0.636. The molecule has 0 aliphatic heterocycles. The van der Waals surface area contributed by atoms with E-state index in [1.165, 1.54) is 0 Å². The first-order valence-corrected chi connectivity index (χ1v) is 5.83. The maximum absolute atomic E-state index is 10.3. The zero-order chi connectivity index (χ0) is 14.1. The summed E-state index contributed by atoms with van der Waals surface area (Å²) >= 11 is 0. The van der Waals surface area contributed by atoms with Crippen LogP contribution >= 0.6 is 0 Å². The molecule has 100 valence electrons. The summed E-state index contributed by atoms with van der Waals surface area (Å²) in [5.74, 6) is -0.0793. The monoisotopic (exact) mass is 264 g/mol. The number of hydrogen-bond donors (Lipinski definition) is 1. The summed E-state index contributed by atoms with van der Waals surface area (Å²) in [5.41, 5.74) is 1.85. The molecule has 0 saturated heterocycles. The molecule has 0 aliphatic carbocycles. The molecule has 0 aliphatic rings. The smallest absolute Gasteiger partial charge is 0.497 e. The number of carboxylic acid groups (broad SMARTS) is 1. The number of carboxylic acids is 1. The van der Waals surface area contributed by atoms with Crippen molar-refractivity contribution in [1.29, 1.82) is 0 Å². The predicted octanol–water partition coefficient (Wildman–Crippen LogP) is 0.195. The molecule has 3 nitrogen and oxygen atoms in total. The van der Waals surface area contributed by atoms with E-state index in [4.69, 9.17) is 9.84 Å². The van der Waals surface area contributed by atoms with Gasteiger partial charge in [-0.2, -0.15) is 24.6 Å². The second-order valence-corrected chi connectivity index (χ2v) is 3.90. The van der Waals surface area contributed by atoms with E-state index in [2.05, 4.69) is 6.92 Å². The van der Waals surface area contributed by atoms with Crippen LogP contribution in [0.1, 0.15) is 11.1 Å². The molecule has 0 bridgehead atoms. The van der Waals surface area contributed by atoms with Gasteiger partial charge in [-0.15, -0.1) is 12.1 Å². The second-order valence-electron chi connectivity index (χ2n) is 3.90. The minimum atomic E-state index is -0.819. The number of benzene rings is 2. The van der Waals surface area contributed by atoms with Crippen LogP contribution in [0.5, 0.6) is 5.75 Å². The van der Waals surface area contributed by atoms with Gasteiger partial charge in [0.25, 0.3) is 0 Å². The molecule has 0 saturated carbocycles. The number of methoxy groups -OCH3 is 1. The summed E-state index contributed by atoms with van der Waals surface area (Å²) in [6.07, 6.45) is 0.0595. The molecule has 1 N–H and O–H groups in total. The molecular weight excluding hydrogens is 247 g/mol. The Balaban J connectivity index is 0.000000387. The van der Waals surface area contributed by atoms with E-state index >= 15 is 0 Å². The standard InChI is InChI=1S/C9H10O3.C7H7.Li/c1-12-8-4-2-7(3-5-8)6-9(10)11;1-7-5-3-2-4-6-7;/h2-5H,6H2,1H3,(H,10,11);2-6H,1H2;/q;-1;+1. The Labute approximate surface area is 131 Å². The fourth-order valence-electron chi connectivity index (χ4n) is 1.40. The van der Waals surface area contributed by atoms with E-state index in [1.807, 2.05) is 30.3 Å². The number of hydrogen-bond acceptors (Lipinski definition) is 2. The van der Waals surface area contributed by atoms with E-state index in [1.54, 1.807) is 31.4 Å². The molecule has 0 unspecified atom stereocenters. The van der Waals surface area contributed by atoms with E-state index in [0.29, 0.717) is 0 Å². The summed E-state index contributed by atoms with van der Waals surface area (Å²) in [7, 11) is 1.58. The van der Waals surface area contributed by atoms with Crippen molar-refractivity contribution in [1.82, 2.24) is 0 Å². The van der Waals surface area contributed by atoms with Crippen LogP contribution in [0.4, 0.5) is 0 Å². The van der Waals surface area contributed by atoms with Crippen molar-refractivity contribution in [2.75, 3.05) is 7.11 Å². The van der Waals surface area contributed by atoms with Gasteiger partial charge >= 0.3 is 24.8 Å². The largest absolute Gasteiger partial charge is 1.00 e. The Kier molecular flexibility index (Phi) is 9.11. The molecule has 0 heterocycles. The summed E-state index contributed by atoms with van der Waals surface area (Å²) in [6, 6.07) is 16.9. The van der Waals surface area contributed by atoms with Gasteiger partial charge in [-0.1, -0.05) is 18.2 Å².